The molecule has 2 heterocycles. The van der Waals surface area contributed by atoms with E-state index in [9.17, 15) is 4.79 Å². The van der Waals surface area contributed by atoms with Crippen molar-refractivity contribution < 1.29 is 9.53 Å². The molecule has 0 aliphatic heterocycles. The van der Waals surface area contributed by atoms with Crippen LogP contribution in [0.5, 0.6) is 5.75 Å². The average molecular weight is 437 g/mol. The molecule has 11 heteroatoms. The van der Waals surface area contributed by atoms with Gasteiger partial charge in [0, 0.05) is 23.2 Å². The van der Waals surface area contributed by atoms with Crippen LogP contribution in [-0.2, 0) is 0 Å². The Morgan fingerprint density at radius 1 is 1.26 bits per heavy atom. The van der Waals surface area contributed by atoms with Crippen LogP contribution in [0.1, 0.15) is 34.9 Å². The van der Waals surface area contributed by atoms with Gasteiger partial charge in [0.05, 0.1) is 23.4 Å². The summed E-state index contributed by atoms with van der Waals surface area (Å²) in [6.07, 6.45) is 3.72. The van der Waals surface area contributed by atoms with Crippen molar-refractivity contribution in [1.29, 1.82) is 0 Å². The Hall–Kier alpha value is -3.79. The lowest BCUT2D eigenvalue weighted by atomic mass is 10.1. The molecule has 1 fully saturated rings. The predicted octanol–water partition coefficient (Wildman–Crippen LogP) is 3.24. The summed E-state index contributed by atoms with van der Waals surface area (Å²) in [5.41, 5.74) is 2.28. The molecule has 1 aliphatic carbocycles. The maximum absolute atomic E-state index is 12.9. The van der Waals surface area contributed by atoms with E-state index in [0.717, 1.165) is 24.2 Å². The maximum atomic E-state index is 12.9. The van der Waals surface area contributed by atoms with Crippen LogP contribution in [0.3, 0.4) is 0 Å². The monoisotopic (exact) mass is 436 g/mol. The van der Waals surface area contributed by atoms with Gasteiger partial charge in [-0.05, 0) is 53.6 Å². The molecule has 5 rings (SSSR count). The van der Waals surface area contributed by atoms with E-state index in [4.69, 9.17) is 16.3 Å². The van der Waals surface area contributed by atoms with Crippen molar-refractivity contribution >= 4 is 23.2 Å². The number of carbonyl (C=O) groups excluding carboxylic acids is 1. The molecule has 31 heavy (non-hydrogen) atoms. The van der Waals surface area contributed by atoms with E-state index in [1.807, 2.05) is 12.1 Å². The molecule has 156 valence electrons. The molecule has 0 saturated heterocycles. The number of nitrogens with one attached hydrogen (secondary N) is 2. The van der Waals surface area contributed by atoms with Gasteiger partial charge in [-0.15, -0.1) is 5.10 Å². The van der Waals surface area contributed by atoms with Gasteiger partial charge in [0.1, 0.15) is 17.9 Å². The number of carbonyl (C=O) groups is 1. The highest BCUT2D eigenvalue weighted by atomic mass is 35.5. The summed E-state index contributed by atoms with van der Waals surface area (Å²) in [7, 11) is 1.48. The third-order valence-corrected chi connectivity index (χ3v) is 5.28. The van der Waals surface area contributed by atoms with E-state index in [1.54, 1.807) is 18.2 Å². The van der Waals surface area contributed by atoms with Crippen molar-refractivity contribution in [2.45, 2.75) is 18.8 Å². The van der Waals surface area contributed by atoms with Crippen LogP contribution in [0.2, 0.25) is 5.02 Å². The number of hydrogen-bond donors (Lipinski definition) is 2. The largest absolute Gasteiger partial charge is 0.496 e. The third kappa shape index (κ3) is 3.84. The summed E-state index contributed by atoms with van der Waals surface area (Å²) in [6.45, 7) is 0. The lowest BCUT2D eigenvalue weighted by molar-refractivity contribution is 0.102. The van der Waals surface area contributed by atoms with Crippen LogP contribution in [0.15, 0.2) is 42.7 Å². The smallest absolute Gasteiger partial charge is 0.259 e. The van der Waals surface area contributed by atoms with Gasteiger partial charge in [0.2, 0.25) is 0 Å². The summed E-state index contributed by atoms with van der Waals surface area (Å²) >= 11 is 6.35. The standard InChI is InChI=1S/C20H17ClN8O2/c1-31-17-9-16(29-10-22-27-28-29)15(21)8-14(17)20(30)23-13-6-4-12(5-7-13)19-24-18(25-26-19)11-2-3-11/h4-11H,2-3H2,1H3,(H,23,30)(H,24,25,26). The molecule has 1 amide bonds. The molecule has 1 saturated carbocycles. The summed E-state index contributed by atoms with van der Waals surface area (Å²) in [5, 5.41) is 21.4. The highest BCUT2D eigenvalue weighted by Crippen LogP contribution is 2.38. The Balaban J connectivity index is 1.35. The summed E-state index contributed by atoms with van der Waals surface area (Å²) in [4.78, 5) is 17.4. The lowest BCUT2D eigenvalue weighted by Gasteiger charge is -2.12. The molecule has 0 atom stereocenters. The van der Waals surface area contributed by atoms with Crippen molar-refractivity contribution in [1.82, 2.24) is 35.4 Å². The minimum atomic E-state index is -0.358. The van der Waals surface area contributed by atoms with Crippen molar-refractivity contribution in [3.05, 3.63) is 59.1 Å². The number of H-pyrrole nitrogens is 1. The van der Waals surface area contributed by atoms with Crippen molar-refractivity contribution in [3.63, 3.8) is 0 Å². The number of anilines is 1. The topological polar surface area (TPSA) is 124 Å². The molecule has 1 aliphatic rings. The molecule has 0 radical (unpaired) electrons. The van der Waals surface area contributed by atoms with E-state index in [2.05, 4.69) is 36.0 Å². The molecule has 0 bridgehead atoms. The maximum Gasteiger partial charge on any atom is 0.259 e. The molecule has 0 spiro atoms. The minimum Gasteiger partial charge on any atom is -0.496 e. The van der Waals surface area contributed by atoms with Crippen LogP contribution in [0, 0.1) is 0 Å². The molecular formula is C20H17ClN8O2. The van der Waals surface area contributed by atoms with Gasteiger partial charge in [0.25, 0.3) is 5.91 Å². The number of ether oxygens (including phenoxy) is 1. The first-order valence-electron chi connectivity index (χ1n) is 9.57. The second kappa shape index (κ2) is 7.80. The van der Waals surface area contributed by atoms with Crippen molar-refractivity contribution in [3.8, 4) is 22.8 Å². The third-order valence-electron chi connectivity index (χ3n) is 4.98. The number of aromatic nitrogens is 7. The Labute approximate surface area is 181 Å². The van der Waals surface area contributed by atoms with Gasteiger partial charge in [-0.3, -0.25) is 9.89 Å². The number of aromatic amines is 1. The van der Waals surface area contributed by atoms with Gasteiger partial charge < -0.3 is 10.1 Å². The summed E-state index contributed by atoms with van der Waals surface area (Å²) in [5.74, 6) is 2.07. The molecule has 0 unspecified atom stereocenters. The summed E-state index contributed by atoms with van der Waals surface area (Å²) in [6, 6.07) is 10.4. The Bertz CT molecular complexity index is 1230. The van der Waals surface area contributed by atoms with Crippen molar-refractivity contribution in [2.75, 3.05) is 12.4 Å². The normalized spacial score (nSPS) is 13.2. The van der Waals surface area contributed by atoms with E-state index in [1.165, 1.54) is 24.2 Å². The van der Waals surface area contributed by atoms with Crippen LogP contribution in [-0.4, -0.2) is 48.4 Å². The van der Waals surface area contributed by atoms with E-state index >= 15 is 0 Å². The molecule has 4 aromatic rings. The average Bonchev–Trinajstić information content (AvgIpc) is 3.27. The number of benzene rings is 2. The quantitative estimate of drug-likeness (QED) is 0.475. The second-order valence-corrected chi connectivity index (χ2v) is 7.52. The highest BCUT2D eigenvalue weighted by molar-refractivity contribution is 6.33. The number of amides is 1. The Morgan fingerprint density at radius 3 is 2.74 bits per heavy atom. The van der Waals surface area contributed by atoms with Gasteiger partial charge in [-0.1, -0.05) is 11.6 Å². The SMILES string of the molecule is COc1cc(-n2cnnn2)c(Cl)cc1C(=O)Nc1ccc(-c2n[nH]c(C3CC3)n2)cc1. The first-order valence-corrected chi connectivity index (χ1v) is 9.95. The molecule has 2 aromatic heterocycles. The second-order valence-electron chi connectivity index (χ2n) is 7.11. The van der Waals surface area contributed by atoms with Gasteiger partial charge in [0.15, 0.2) is 5.82 Å². The number of tetrazole rings is 1. The minimum absolute atomic E-state index is 0.288. The Morgan fingerprint density at radius 2 is 2.06 bits per heavy atom. The zero-order valence-corrected chi connectivity index (χ0v) is 17.2. The molecule has 10 nitrogen and oxygen atoms in total. The van der Waals surface area contributed by atoms with Crippen molar-refractivity contribution in [2.24, 2.45) is 0 Å². The fourth-order valence-corrected chi connectivity index (χ4v) is 3.43. The zero-order valence-electron chi connectivity index (χ0n) is 16.4. The predicted molar refractivity (Wildman–Crippen MR) is 112 cm³/mol. The molecular weight excluding hydrogens is 420 g/mol. The van der Waals surface area contributed by atoms with Gasteiger partial charge in [-0.2, -0.15) is 9.78 Å². The number of rotatable bonds is 6. The summed E-state index contributed by atoms with van der Waals surface area (Å²) < 4.78 is 6.77. The molecule has 2 aromatic carbocycles. The van der Waals surface area contributed by atoms with E-state index in [-0.39, 0.29) is 11.5 Å². The fraction of sp³-hybridized carbons (Fsp3) is 0.200. The van der Waals surface area contributed by atoms with Crippen LogP contribution in [0.25, 0.3) is 17.1 Å². The zero-order chi connectivity index (χ0) is 21.4. The highest BCUT2D eigenvalue weighted by Gasteiger charge is 2.27. The first-order chi connectivity index (χ1) is 15.1. The van der Waals surface area contributed by atoms with Gasteiger partial charge in [-0.25, -0.2) is 4.98 Å². The van der Waals surface area contributed by atoms with E-state index < -0.39 is 0 Å². The molecule has 2 N–H and O–H groups in total. The fourth-order valence-electron chi connectivity index (χ4n) is 3.18. The number of hydrogen-bond acceptors (Lipinski definition) is 7. The van der Waals surface area contributed by atoms with E-state index in [0.29, 0.717) is 33.9 Å². The Kier molecular flexibility index (Phi) is 4.83. The van der Waals surface area contributed by atoms with Crippen LogP contribution in [0.4, 0.5) is 5.69 Å². The first kappa shape index (κ1) is 19.2. The lowest BCUT2D eigenvalue weighted by Crippen LogP contribution is -2.14. The van der Waals surface area contributed by atoms with Gasteiger partial charge >= 0.3 is 0 Å². The number of halogens is 1. The number of methoxy groups -OCH3 is 1. The van der Waals surface area contributed by atoms with Crippen LogP contribution < -0.4 is 10.1 Å². The van der Waals surface area contributed by atoms with Crippen LogP contribution >= 0.6 is 11.6 Å². The number of nitrogens with zero attached hydrogens (tertiary/aromatic N) is 6.